The first-order valence-corrected chi connectivity index (χ1v) is 12.7. The number of carbonyl (C=O) groups is 1. The molecule has 1 amide bonds. The molecular weight excluding hydrogens is 406 g/mol. The molecular formula is C30H47NO2. The molecule has 0 radical (unpaired) electrons. The number of rotatable bonds is 19. The van der Waals surface area contributed by atoms with E-state index in [1.165, 1.54) is 12.5 Å². The molecule has 0 heterocycles. The molecule has 0 unspecified atom stereocenters. The minimum atomic E-state index is -0.791. The van der Waals surface area contributed by atoms with Gasteiger partial charge in [-0.05, 0) is 32.1 Å². The van der Waals surface area contributed by atoms with Crippen molar-refractivity contribution in [3.8, 4) is 0 Å². The zero-order chi connectivity index (χ0) is 24.5. The van der Waals surface area contributed by atoms with Gasteiger partial charge in [0.15, 0.2) is 0 Å². The fourth-order valence-electron chi connectivity index (χ4n) is 3.04. The van der Waals surface area contributed by atoms with Crippen LogP contribution in [0.1, 0.15) is 85.0 Å². The molecule has 0 fully saturated rings. The van der Waals surface area contributed by atoms with Crippen LogP contribution in [0.15, 0.2) is 85.1 Å². The van der Waals surface area contributed by atoms with E-state index >= 15 is 0 Å². The molecule has 0 saturated carbocycles. The third-order valence-electron chi connectivity index (χ3n) is 5.08. The summed E-state index contributed by atoms with van der Waals surface area (Å²) in [5, 5.41) is 13.6. The summed E-state index contributed by atoms with van der Waals surface area (Å²) in [7, 11) is 0. The molecule has 184 valence electrons. The van der Waals surface area contributed by atoms with Crippen molar-refractivity contribution < 1.29 is 9.90 Å². The zero-order valence-corrected chi connectivity index (χ0v) is 21.2. The third kappa shape index (κ3) is 21.2. The normalized spacial score (nSPS) is 13.5. The highest BCUT2D eigenvalue weighted by Crippen LogP contribution is 2.20. The van der Waals surface area contributed by atoms with Gasteiger partial charge in [-0.3, -0.25) is 4.79 Å². The number of nitrogens with one attached hydrogen (secondary N) is 1. The van der Waals surface area contributed by atoms with E-state index in [0.717, 1.165) is 57.8 Å². The Morgan fingerprint density at radius 1 is 0.667 bits per heavy atom. The minimum Gasteiger partial charge on any atom is -0.388 e. The monoisotopic (exact) mass is 453 g/mol. The highest BCUT2D eigenvalue weighted by molar-refractivity contribution is 5.87. The van der Waals surface area contributed by atoms with Gasteiger partial charge in [-0.25, -0.2) is 0 Å². The van der Waals surface area contributed by atoms with Gasteiger partial charge in [0.05, 0.1) is 5.60 Å². The van der Waals surface area contributed by atoms with E-state index in [0.29, 0.717) is 6.54 Å². The van der Waals surface area contributed by atoms with Crippen LogP contribution in [0.2, 0.25) is 0 Å². The van der Waals surface area contributed by atoms with E-state index in [4.69, 9.17) is 0 Å². The Morgan fingerprint density at radius 3 is 1.61 bits per heavy atom. The van der Waals surface area contributed by atoms with Gasteiger partial charge in [0.2, 0.25) is 5.91 Å². The molecule has 0 aromatic heterocycles. The van der Waals surface area contributed by atoms with Gasteiger partial charge >= 0.3 is 0 Å². The maximum Gasteiger partial charge on any atom is 0.244 e. The molecule has 0 aromatic rings. The fraction of sp³-hybridized carbons (Fsp3) is 0.500. The smallest absolute Gasteiger partial charge is 0.244 e. The van der Waals surface area contributed by atoms with Crippen LogP contribution in [0.5, 0.6) is 0 Å². The van der Waals surface area contributed by atoms with Gasteiger partial charge in [-0.15, -0.1) is 0 Å². The summed E-state index contributed by atoms with van der Waals surface area (Å²) in [5.41, 5.74) is -0.791. The fourth-order valence-corrected chi connectivity index (χ4v) is 3.04. The van der Waals surface area contributed by atoms with Crippen LogP contribution in [0.3, 0.4) is 0 Å². The Labute approximate surface area is 203 Å². The quantitative estimate of drug-likeness (QED) is 0.120. The molecule has 0 rings (SSSR count). The van der Waals surface area contributed by atoms with E-state index in [-0.39, 0.29) is 5.91 Å². The molecule has 0 aliphatic rings. The molecule has 0 saturated heterocycles. The van der Waals surface area contributed by atoms with Crippen LogP contribution in [-0.2, 0) is 4.79 Å². The Morgan fingerprint density at radius 2 is 1.12 bits per heavy atom. The number of allylic oxidation sites excluding steroid dienone is 13. The predicted molar refractivity (Wildman–Crippen MR) is 145 cm³/mol. The molecule has 3 heteroatoms. The van der Waals surface area contributed by atoms with Gasteiger partial charge in [0.1, 0.15) is 0 Å². The summed E-state index contributed by atoms with van der Waals surface area (Å²) in [4.78, 5) is 12.0. The molecule has 0 spiro atoms. The second-order valence-electron chi connectivity index (χ2n) is 8.31. The molecule has 0 aliphatic heterocycles. The van der Waals surface area contributed by atoms with Gasteiger partial charge in [0.25, 0.3) is 0 Å². The van der Waals surface area contributed by atoms with E-state index in [2.05, 4.69) is 56.5 Å². The number of aliphatic hydroxyl groups is 1. The second-order valence-corrected chi connectivity index (χ2v) is 8.31. The average Bonchev–Trinajstić information content (AvgIpc) is 2.82. The van der Waals surface area contributed by atoms with E-state index in [1.807, 2.05) is 42.5 Å². The Kier molecular flexibility index (Phi) is 21.1. The van der Waals surface area contributed by atoms with Crippen molar-refractivity contribution in [2.24, 2.45) is 0 Å². The summed E-state index contributed by atoms with van der Waals surface area (Å²) in [6.07, 6.45) is 37.5. The summed E-state index contributed by atoms with van der Waals surface area (Å²) in [6, 6.07) is 0. The Hall–Kier alpha value is -2.39. The molecule has 0 aromatic carbocycles. The van der Waals surface area contributed by atoms with Gasteiger partial charge < -0.3 is 10.4 Å². The summed E-state index contributed by atoms with van der Waals surface area (Å²) < 4.78 is 0. The summed E-state index contributed by atoms with van der Waals surface area (Å²) >= 11 is 0. The van der Waals surface area contributed by atoms with Crippen molar-refractivity contribution in [3.63, 3.8) is 0 Å². The van der Waals surface area contributed by atoms with Crippen LogP contribution >= 0.6 is 0 Å². The molecule has 0 bridgehead atoms. The summed E-state index contributed by atoms with van der Waals surface area (Å²) in [6.45, 7) is 6.72. The molecule has 0 atom stereocenters. The van der Waals surface area contributed by atoms with Crippen molar-refractivity contribution in [1.29, 1.82) is 0 Å². The first kappa shape index (κ1) is 30.6. The lowest BCUT2D eigenvalue weighted by atomic mass is 9.91. The van der Waals surface area contributed by atoms with Gasteiger partial charge in [0, 0.05) is 12.6 Å². The molecule has 2 N–H and O–H groups in total. The summed E-state index contributed by atoms with van der Waals surface area (Å²) in [5.74, 6) is -0.167. The van der Waals surface area contributed by atoms with Crippen LogP contribution in [0.25, 0.3) is 0 Å². The van der Waals surface area contributed by atoms with E-state index in [1.54, 1.807) is 6.08 Å². The lowest BCUT2D eigenvalue weighted by Crippen LogP contribution is -2.42. The van der Waals surface area contributed by atoms with Crippen LogP contribution in [-0.4, -0.2) is 23.2 Å². The van der Waals surface area contributed by atoms with Crippen molar-refractivity contribution in [1.82, 2.24) is 5.32 Å². The lowest BCUT2D eigenvalue weighted by Gasteiger charge is -2.28. The second kappa shape index (κ2) is 22.8. The first-order valence-electron chi connectivity index (χ1n) is 12.7. The first-order chi connectivity index (χ1) is 16.1. The highest BCUT2D eigenvalue weighted by atomic mass is 16.3. The van der Waals surface area contributed by atoms with Gasteiger partial charge in [-0.1, -0.05) is 132 Å². The number of unbranched alkanes of at least 4 members (excludes halogenated alkanes) is 4. The standard InChI is InChI=1S/C30H47NO2/c1-4-7-10-11-12-13-14-15-16-17-18-19-20-21-22-23-24-25-29(32)31-28-30(33,26-8-5-2)27-9-6-3/h10-17,20-25,33H,4-9,18-19,26-28H2,1-3H3,(H,31,32). The van der Waals surface area contributed by atoms with Crippen LogP contribution < -0.4 is 5.32 Å². The Balaban J connectivity index is 4.08. The highest BCUT2D eigenvalue weighted by Gasteiger charge is 2.25. The number of hydrogen-bond acceptors (Lipinski definition) is 2. The molecule has 0 aliphatic carbocycles. The largest absolute Gasteiger partial charge is 0.388 e. The van der Waals surface area contributed by atoms with E-state index < -0.39 is 5.60 Å². The number of carbonyl (C=O) groups excluding carboxylic acids is 1. The molecule has 3 nitrogen and oxygen atoms in total. The lowest BCUT2D eigenvalue weighted by molar-refractivity contribution is -0.118. The number of hydrogen-bond donors (Lipinski definition) is 2. The maximum absolute atomic E-state index is 12.0. The van der Waals surface area contributed by atoms with Crippen molar-refractivity contribution in [3.05, 3.63) is 85.1 Å². The van der Waals surface area contributed by atoms with Crippen molar-refractivity contribution in [2.45, 2.75) is 90.6 Å². The SMILES string of the molecule is CCCC=CC=CC=CC=CCCC=CC=CC=CC(=O)NCC(O)(CCCC)CCCC. The topological polar surface area (TPSA) is 49.3 Å². The molecule has 33 heavy (non-hydrogen) atoms. The van der Waals surface area contributed by atoms with Crippen LogP contribution in [0.4, 0.5) is 0 Å². The average molecular weight is 454 g/mol. The van der Waals surface area contributed by atoms with Crippen molar-refractivity contribution >= 4 is 5.91 Å². The zero-order valence-electron chi connectivity index (χ0n) is 21.2. The third-order valence-corrected chi connectivity index (χ3v) is 5.08. The Bertz CT molecular complexity index is 669. The van der Waals surface area contributed by atoms with E-state index in [9.17, 15) is 9.90 Å². The maximum atomic E-state index is 12.0. The van der Waals surface area contributed by atoms with Crippen LogP contribution in [0, 0.1) is 0 Å². The predicted octanol–water partition coefficient (Wildman–Crippen LogP) is 7.69. The minimum absolute atomic E-state index is 0.167. The number of amides is 1. The van der Waals surface area contributed by atoms with Crippen molar-refractivity contribution in [2.75, 3.05) is 6.54 Å². The van der Waals surface area contributed by atoms with Gasteiger partial charge in [-0.2, -0.15) is 0 Å².